The van der Waals surface area contributed by atoms with E-state index in [4.69, 9.17) is 0 Å². The highest BCUT2D eigenvalue weighted by atomic mass is 19.4. The van der Waals surface area contributed by atoms with Gasteiger partial charge in [-0.15, -0.1) is 0 Å². The van der Waals surface area contributed by atoms with Crippen LogP contribution in [0.15, 0.2) is 47.3 Å². The molecule has 0 bridgehead atoms. The van der Waals surface area contributed by atoms with Gasteiger partial charge in [-0.3, -0.25) is 4.79 Å². The summed E-state index contributed by atoms with van der Waals surface area (Å²) in [6.45, 7) is 0. The Bertz CT molecular complexity index is 1100. The van der Waals surface area contributed by atoms with Crippen LogP contribution in [0.25, 0.3) is 22.0 Å². The Hall–Kier alpha value is -2.98. The topological polar surface area (TPSA) is 32.9 Å². The van der Waals surface area contributed by atoms with Crippen molar-refractivity contribution in [3.8, 4) is 11.1 Å². The lowest BCUT2D eigenvalue weighted by Gasteiger charge is -2.15. The van der Waals surface area contributed by atoms with Gasteiger partial charge in [-0.1, -0.05) is 6.07 Å². The second kappa shape index (κ2) is 6.53. The van der Waals surface area contributed by atoms with E-state index in [2.05, 4.69) is 4.98 Å². The lowest BCUT2D eigenvalue weighted by molar-refractivity contribution is -0.143. The minimum Gasteiger partial charge on any atom is -0.322 e. The number of aromatic nitrogens is 1. The zero-order valence-electron chi connectivity index (χ0n) is 13.9. The van der Waals surface area contributed by atoms with Gasteiger partial charge in [0, 0.05) is 17.0 Å². The number of hydrogen-bond donors (Lipinski definition) is 1. The van der Waals surface area contributed by atoms with Crippen LogP contribution >= 0.6 is 0 Å². The summed E-state index contributed by atoms with van der Waals surface area (Å²) in [7, 11) is 0. The summed E-state index contributed by atoms with van der Waals surface area (Å²) in [5.74, 6) is 0. The summed E-state index contributed by atoms with van der Waals surface area (Å²) >= 11 is 0. The molecule has 0 unspecified atom stereocenters. The molecule has 0 saturated heterocycles. The van der Waals surface area contributed by atoms with Gasteiger partial charge in [0.15, 0.2) is 0 Å². The molecule has 0 spiro atoms. The van der Waals surface area contributed by atoms with E-state index in [9.17, 15) is 44.3 Å². The number of aromatic amines is 1. The van der Waals surface area contributed by atoms with Crippen LogP contribution in [0, 0.1) is 0 Å². The number of benzene rings is 2. The van der Waals surface area contributed by atoms with Crippen LogP contribution in [0.1, 0.15) is 16.7 Å². The van der Waals surface area contributed by atoms with E-state index < -0.39 is 51.7 Å². The summed E-state index contributed by atoms with van der Waals surface area (Å²) in [4.78, 5) is 13.5. The molecule has 0 fully saturated rings. The average molecular weight is 425 g/mol. The fourth-order valence-electron chi connectivity index (χ4n) is 2.79. The molecular weight excluding hydrogens is 417 g/mol. The van der Waals surface area contributed by atoms with Gasteiger partial charge in [-0.05, 0) is 41.5 Å². The predicted octanol–water partition coefficient (Wildman–Crippen LogP) is 6.25. The molecule has 0 aliphatic rings. The molecule has 11 heteroatoms. The minimum absolute atomic E-state index is 0.0802. The maximum atomic E-state index is 13.2. The molecule has 1 aromatic heterocycles. The first-order chi connectivity index (χ1) is 13.2. The highest BCUT2D eigenvalue weighted by Gasteiger charge is 2.37. The van der Waals surface area contributed by atoms with Gasteiger partial charge in [0.2, 0.25) is 5.56 Å². The van der Waals surface area contributed by atoms with E-state index in [-0.39, 0.29) is 23.2 Å². The fraction of sp³-hybridized carbons (Fsp3) is 0.167. The molecule has 1 heterocycles. The highest BCUT2D eigenvalue weighted by Crippen LogP contribution is 2.40. The first kappa shape index (κ1) is 20.7. The molecule has 0 amide bonds. The van der Waals surface area contributed by atoms with Crippen LogP contribution in [0.3, 0.4) is 0 Å². The van der Waals surface area contributed by atoms with E-state index in [1.54, 1.807) is 0 Å². The van der Waals surface area contributed by atoms with Crippen LogP contribution in [0.2, 0.25) is 0 Å². The summed E-state index contributed by atoms with van der Waals surface area (Å²) in [6.07, 6.45) is -15.2. The molecular formula is C18H8F9NO. The van der Waals surface area contributed by atoms with Crippen molar-refractivity contribution in [1.29, 1.82) is 0 Å². The van der Waals surface area contributed by atoms with Crippen molar-refractivity contribution in [3.63, 3.8) is 0 Å². The van der Waals surface area contributed by atoms with E-state index in [0.717, 1.165) is 18.2 Å². The van der Waals surface area contributed by atoms with Crippen LogP contribution in [0.5, 0.6) is 0 Å². The van der Waals surface area contributed by atoms with Crippen molar-refractivity contribution >= 4 is 10.9 Å². The first-order valence-electron chi connectivity index (χ1n) is 7.70. The Balaban J connectivity index is 2.31. The summed E-state index contributed by atoms with van der Waals surface area (Å²) in [5, 5.41) is -0.569. The number of H-pyrrole nitrogens is 1. The molecule has 3 aromatic rings. The number of pyridine rings is 1. The number of hydrogen-bond acceptors (Lipinski definition) is 1. The van der Waals surface area contributed by atoms with Gasteiger partial charge in [0.25, 0.3) is 0 Å². The Morgan fingerprint density at radius 1 is 0.621 bits per heavy atom. The van der Waals surface area contributed by atoms with Gasteiger partial charge in [0.05, 0.1) is 16.7 Å². The molecule has 2 aromatic carbocycles. The molecule has 154 valence electrons. The van der Waals surface area contributed by atoms with Crippen molar-refractivity contribution in [1.82, 2.24) is 4.98 Å². The standard InChI is InChI=1S/C18H8F9NO/c19-16(20,21)10-3-9(4-11(6-10)17(22,23)24)8-1-2-14-12(5-8)13(18(25,26)27)7-15(29)28-14/h1-7H,(H,28,29). The zero-order chi connectivity index (χ0) is 21.8. The Labute approximate surface area is 155 Å². The van der Waals surface area contributed by atoms with E-state index >= 15 is 0 Å². The molecule has 29 heavy (non-hydrogen) atoms. The quantitative estimate of drug-likeness (QED) is 0.460. The predicted molar refractivity (Wildman–Crippen MR) is 85.0 cm³/mol. The Kier molecular flexibility index (Phi) is 4.67. The second-order valence-corrected chi connectivity index (χ2v) is 6.10. The third-order valence-corrected chi connectivity index (χ3v) is 4.07. The average Bonchev–Trinajstić information content (AvgIpc) is 2.58. The van der Waals surface area contributed by atoms with Crippen LogP contribution in [0.4, 0.5) is 39.5 Å². The van der Waals surface area contributed by atoms with Gasteiger partial charge in [0.1, 0.15) is 0 Å². The minimum atomic E-state index is -5.10. The van der Waals surface area contributed by atoms with Gasteiger partial charge >= 0.3 is 18.5 Å². The van der Waals surface area contributed by atoms with Crippen molar-refractivity contribution in [3.05, 3.63) is 69.5 Å². The third kappa shape index (κ3) is 4.22. The lowest BCUT2D eigenvalue weighted by Crippen LogP contribution is -2.14. The molecule has 0 radical (unpaired) electrons. The van der Waals surface area contributed by atoms with Gasteiger partial charge < -0.3 is 4.98 Å². The van der Waals surface area contributed by atoms with Crippen LogP contribution in [-0.2, 0) is 18.5 Å². The monoisotopic (exact) mass is 425 g/mol. The molecule has 3 rings (SSSR count). The second-order valence-electron chi connectivity index (χ2n) is 6.10. The molecule has 0 saturated carbocycles. The molecule has 1 N–H and O–H groups in total. The number of rotatable bonds is 1. The zero-order valence-corrected chi connectivity index (χ0v) is 13.9. The van der Waals surface area contributed by atoms with Crippen LogP contribution < -0.4 is 5.56 Å². The third-order valence-electron chi connectivity index (χ3n) is 4.07. The first-order valence-corrected chi connectivity index (χ1v) is 7.70. The largest absolute Gasteiger partial charge is 0.417 e. The highest BCUT2D eigenvalue weighted by molar-refractivity contribution is 5.87. The van der Waals surface area contributed by atoms with E-state index in [0.29, 0.717) is 12.1 Å². The fourth-order valence-corrected chi connectivity index (χ4v) is 2.79. The smallest absolute Gasteiger partial charge is 0.322 e. The number of fused-ring (bicyclic) bond motifs is 1. The Morgan fingerprint density at radius 3 is 1.66 bits per heavy atom. The van der Waals surface area contributed by atoms with Crippen molar-refractivity contribution in [2.45, 2.75) is 18.5 Å². The molecule has 2 nitrogen and oxygen atoms in total. The summed E-state index contributed by atoms with van der Waals surface area (Å²) < 4.78 is 118. The summed E-state index contributed by atoms with van der Waals surface area (Å²) in [5.41, 5.74) is -6.77. The number of nitrogens with one attached hydrogen (secondary N) is 1. The van der Waals surface area contributed by atoms with Crippen molar-refractivity contribution in [2.24, 2.45) is 0 Å². The number of halogens is 9. The maximum absolute atomic E-state index is 13.2. The SMILES string of the molecule is O=c1cc(C(F)(F)F)c2cc(-c3cc(C(F)(F)F)cc(C(F)(F)F)c3)ccc2[nH]1. The van der Waals surface area contributed by atoms with Crippen molar-refractivity contribution < 1.29 is 39.5 Å². The van der Waals surface area contributed by atoms with Gasteiger partial charge in [-0.25, -0.2) is 0 Å². The van der Waals surface area contributed by atoms with E-state index in [1.165, 1.54) is 0 Å². The number of alkyl halides is 9. The molecule has 0 atom stereocenters. The van der Waals surface area contributed by atoms with Crippen molar-refractivity contribution in [2.75, 3.05) is 0 Å². The normalized spacial score (nSPS) is 13.1. The van der Waals surface area contributed by atoms with Crippen LogP contribution in [-0.4, -0.2) is 4.98 Å². The molecule has 0 aliphatic heterocycles. The van der Waals surface area contributed by atoms with E-state index in [1.807, 2.05) is 0 Å². The Morgan fingerprint density at radius 2 is 1.17 bits per heavy atom. The van der Waals surface area contributed by atoms with Gasteiger partial charge in [-0.2, -0.15) is 39.5 Å². The maximum Gasteiger partial charge on any atom is 0.417 e. The lowest BCUT2D eigenvalue weighted by atomic mass is 9.96. The molecule has 0 aliphatic carbocycles. The summed E-state index contributed by atoms with van der Waals surface area (Å²) in [6, 6.07) is 3.79.